The van der Waals surface area contributed by atoms with Gasteiger partial charge in [-0.1, -0.05) is 58.4 Å². The number of halogens is 4. The molecule has 1 aliphatic carbocycles. The minimum absolute atomic E-state index is 0.660. The summed E-state index contributed by atoms with van der Waals surface area (Å²) in [6.07, 6.45) is -2.49. The monoisotopic (exact) mass is 382 g/mol. The lowest BCUT2D eigenvalue weighted by Crippen LogP contribution is -2.29. The fraction of sp³-hybridized carbons (Fsp3) is 0.222. The summed E-state index contributed by atoms with van der Waals surface area (Å²) in [5.74, 6) is -0.0905. The molecule has 1 nitrogen and oxygen atoms in total. The molecule has 0 fully saturated rings. The number of benzene rings is 2. The maximum Gasteiger partial charge on any atom is 0.402 e. The molecule has 2 unspecified atom stereocenters. The fourth-order valence-electron chi connectivity index (χ4n) is 2.90. The molecule has 0 heterocycles. The number of allylic oxidation sites excluding steroid dienone is 1. The van der Waals surface area contributed by atoms with Gasteiger partial charge >= 0.3 is 6.18 Å². The maximum absolute atomic E-state index is 13.3. The fourth-order valence-corrected chi connectivity index (χ4v) is 3.47. The summed E-state index contributed by atoms with van der Waals surface area (Å²) >= 11 is 2.87. The van der Waals surface area contributed by atoms with Crippen molar-refractivity contribution >= 4 is 27.6 Å². The van der Waals surface area contributed by atoms with Gasteiger partial charge in [0.05, 0.1) is 7.11 Å². The predicted octanol–water partition coefficient (Wildman–Crippen LogP) is 5.66. The first-order valence-corrected chi connectivity index (χ1v) is 7.99. The lowest BCUT2D eigenvalue weighted by molar-refractivity contribution is -0.128. The Hall–Kier alpha value is -1.75. The highest BCUT2D eigenvalue weighted by Gasteiger charge is 2.46. The average molecular weight is 383 g/mol. The quantitative estimate of drug-likeness (QED) is 0.622. The molecule has 2 aromatic carbocycles. The second-order valence-electron chi connectivity index (χ2n) is 5.38. The van der Waals surface area contributed by atoms with Crippen molar-refractivity contribution in [1.82, 2.24) is 0 Å². The van der Waals surface area contributed by atoms with Crippen LogP contribution in [0.2, 0.25) is 0 Å². The Morgan fingerprint density at radius 3 is 2.30 bits per heavy atom. The van der Waals surface area contributed by atoms with Crippen molar-refractivity contribution in [2.75, 3.05) is 7.11 Å². The number of hydrogen-bond acceptors (Lipinski definition) is 1. The molecular formula is C18H14BrF3O. The van der Waals surface area contributed by atoms with Crippen molar-refractivity contribution in [1.29, 1.82) is 0 Å². The summed E-state index contributed by atoms with van der Waals surface area (Å²) in [7, 11) is 1.56. The van der Waals surface area contributed by atoms with E-state index in [1.165, 1.54) is 0 Å². The molecule has 0 aliphatic heterocycles. The van der Waals surface area contributed by atoms with Gasteiger partial charge in [0.2, 0.25) is 0 Å². The van der Waals surface area contributed by atoms with Crippen LogP contribution in [-0.4, -0.2) is 18.1 Å². The lowest BCUT2D eigenvalue weighted by Gasteiger charge is -2.25. The van der Waals surface area contributed by atoms with Crippen LogP contribution in [0.4, 0.5) is 13.2 Å². The van der Waals surface area contributed by atoms with E-state index in [9.17, 15) is 13.2 Å². The molecule has 3 rings (SSSR count). The summed E-state index contributed by atoms with van der Waals surface area (Å²) in [4.78, 5) is -1.63. The third-order valence-electron chi connectivity index (χ3n) is 4.01. The molecule has 0 saturated carbocycles. The summed E-state index contributed by atoms with van der Waals surface area (Å²) < 4.78 is 45.0. The summed E-state index contributed by atoms with van der Waals surface area (Å²) in [6, 6.07) is 14.3. The number of methoxy groups -OCH3 is 1. The average Bonchev–Trinajstić information content (AvgIpc) is 2.92. The van der Waals surface area contributed by atoms with E-state index >= 15 is 0 Å². The molecule has 0 spiro atoms. The number of alkyl halides is 4. The van der Waals surface area contributed by atoms with Gasteiger partial charge in [0.25, 0.3) is 0 Å². The minimum Gasteiger partial charge on any atom is -0.497 e. The van der Waals surface area contributed by atoms with Gasteiger partial charge in [0.1, 0.15) is 10.6 Å². The Morgan fingerprint density at radius 1 is 1.04 bits per heavy atom. The van der Waals surface area contributed by atoms with Crippen molar-refractivity contribution in [3.8, 4) is 5.75 Å². The van der Waals surface area contributed by atoms with Crippen molar-refractivity contribution in [2.24, 2.45) is 0 Å². The molecule has 2 aromatic rings. The van der Waals surface area contributed by atoms with Gasteiger partial charge in [-0.2, -0.15) is 13.2 Å². The number of hydrogen-bond donors (Lipinski definition) is 0. The third-order valence-corrected chi connectivity index (χ3v) is 5.05. The molecule has 1 aliphatic rings. The Morgan fingerprint density at radius 2 is 1.70 bits per heavy atom. The van der Waals surface area contributed by atoms with Crippen LogP contribution in [0.25, 0.3) is 11.6 Å². The molecule has 23 heavy (non-hydrogen) atoms. The highest BCUT2D eigenvalue weighted by molar-refractivity contribution is 9.09. The van der Waals surface area contributed by atoms with Gasteiger partial charge in [-0.3, -0.25) is 0 Å². The van der Waals surface area contributed by atoms with Crippen LogP contribution >= 0.6 is 15.9 Å². The van der Waals surface area contributed by atoms with E-state index in [1.807, 2.05) is 18.2 Å². The normalized spacial score (nSPS) is 18.3. The molecule has 2 atom stereocenters. The molecule has 0 N–H and O–H groups in total. The third kappa shape index (κ3) is 3.02. The molecule has 120 valence electrons. The van der Waals surface area contributed by atoms with Crippen LogP contribution in [0.3, 0.4) is 0 Å². The van der Waals surface area contributed by atoms with Gasteiger partial charge in [0, 0.05) is 5.92 Å². The van der Waals surface area contributed by atoms with E-state index in [-0.39, 0.29) is 0 Å². The molecule has 0 amide bonds. The van der Waals surface area contributed by atoms with Gasteiger partial charge in [-0.15, -0.1) is 0 Å². The highest BCUT2D eigenvalue weighted by Crippen LogP contribution is 2.50. The highest BCUT2D eigenvalue weighted by atomic mass is 79.9. The van der Waals surface area contributed by atoms with E-state index in [2.05, 4.69) is 15.9 Å². The van der Waals surface area contributed by atoms with Crippen LogP contribution in [0, 0.1) is 0 Å². The molecular weight excluding hydrogens is 369 g/mol. The van der Waals surface area contributed by atoms with Gasteiger partial charge in [0.15, 0.2) is 0 Å². The predicted molar refractivity (Wildman–Crippen MR) is 88.8 cm³/mol. The summed E-state index contributed by atoms with van der Waals surface area (Å²) in [6.45, 7) is 0. The molecule has 0 aromatic heterocycles. The SMILES string of the molecule is COc1ccc(C2=Cc3ccccc3C2C(Br)C(F)(F)F)cc1. The van der Waals surface area contributed by atoms with Gasteiger partial charge < -0.3 is 4.74 Å². The van der Waals surface area contributed by atoms with Crippen LogP contribution in [0.1, 0.15) is 22.6 Å². The van der Waals surface area contributed by atoms with Crippen molar-refractivity contribution in [2.45, 2.75) is 16.9 Å². The topological polar surface area (TPSA) is 9.23 Å². The Kier molecular flexibility index (Phi) is 4.23. The summed E-state index contributed by atoms with van der Waals surface area (Å²) in [5, 5.41) is 0. The Bertz CT molecular complexity index is 735. The van der Waals surface area contributed by atoms with E-state index < -0.39 is 16.9 Å². The molecule has 0 bridgehead atoms. The first-order valence-electron chi connectivity index (χ1n) is 7.07. The number of ether oxygens (including phenoxy) is 1. The molecule has 5 heteroatoms. The minimum atomic E-state index is -4.33. The first kappa shape index (κ1) is 16.1. The smallest absolute Gasteiger partial charge is 0.402 e. The standard InChI is InChI=1S/C18H14BrF3O/c1-23-13-8-6-11(7-9-13)15-10-12-4-2-3-5-14(12)16(15)17(19)18(20,21)22/h2-10,16-17H,1H3. The number of fused-ring (bicyclic) bond motifs is 1. The van der Waals surface area contributed by atoms with Crippen molar-refractivity contribution in [3.63, 3.8) is 0 Å². The molecule has 0 radical (unpaired) electrons. The zero-order valence-corrected chi connectivity index (χ0v) is 13.9. The van der Waals surface area contributed by atoms with Crippen LogP contribution in [0.15, 0.2) is 48.5 Å². The Labute approximate surface area is 140 Å². The second-order valence-corrected chi connectivity index (χ2v) is 6.36. The largest absolute Gasteiger partial charge is 0.497 e. The maximum atomic E-state index is 13.3. The lowest BCUT2D eigenvalue weighted by atomic mass is 9.88. The van der Waals surface area contributed by atoms with Crippen LogP contribution < -0.4 is 4.74 Å². The zero-order valence-electron chi connectivity index (χ0n) is 12.3. The zero-order chi connectivity index (χ0) is 16.6. The second kappa shape index (κ2) is 6.04. The van der Waals surface area contributed by atoms with Gasteiger partial charge in [-0.25, -0.2) is 0 Å². The van der Waals surface area contributed by atoms with E-state index in [4.69, 9.17) is 4.74 Å². The number of rotatable bonds is 3. The van der Waals surface area contributed by atoms with E-state index in [0.29, 0.717) is 16.9 Å². The van der Waals surface area contributed by atoms with E-state index in [1.54, 1.807) is 43.5 Å². The van der Waals surface area contributed by atoms with Crippen LogP contribution in [-0.2, 0) is 0 Å². The van der Waals surface area contributed by atoms with Crippen molar-refractivity contribution < 1.29 is 17.9 Å². The van der Waals surface area contributed by atoms with Crippen molar-refractivity contribution in [3.05, 3.63) is 65.2 Å². The van der Waals surface area contributed by atoms with Crippen LogP contribution in [0.5, 0.6) is 5.75 Å². The van der Waals surface area contributed by atoms with E-state index in [0.717, 1.165) is 11.1 Å². The Balaban J connectivity index is 2.07. The first-order chi connectivity index (χ1) is 10.9. The van der Waals surface area contributed by atoms with Gasteiger partial charge in [-0.05, 0) is 34.4 Å². The molecule has 0 saturated heterocycles. The summed E-state index contributed by atoms with van der Waals surface area (Å²) in [5.41, 5.74) is 2.95.